The summed E-state index contributed by atoms with van der Waals surface area (Å²) in [5.74, 6) is 2.30. The van der Waals surface area contributed by atoms with Gasteiger partial charge in [-0.2, -0.15) is 0 Å². The van der Waals surface area contributed by atoms with Crippen molar-refractivity contribution in [1.82, 2.24) is 0 Å². The Morgan fingerprint density at radius 1 is 1.25 bits per heavy atom. The monoisotopic (exact) mass is 271 g/mol. The van der Waals surface area contributed by atoms with Crippen LogP contribution < -0.4 is 0 Å². The summed E-state index contributed by atoms with van der Waals surface area (Å²) in [5, 5.41) is 12.7. The summed E-state index contributed by atoms with van der Waals surface area (Å²) in [6.07, 6.45) is 14.4. The molecule has 0 aliphatic heterocycles. The van der Waals surface area contributed by atoms with Gasteiger partial charge >= 0.3 is 0 Å². The second kappa shape index (κ2) is 3.99. The first kappa shape index (κ1) is 12.7. The molecule has 0 aromatic carbocycles. The quantitative estimate of drug-likeness (QED) is 0.508. The molecule has 0 aromatic rings. The van der Waals surface area contributed by atoms with Crippen molar-refractivity contribution in [2.45, 2.75) is 52.4 Å². The number of hydrogen-bond acceptors (Lipinski definition) is 2. The molecule has 0 amide bonds. The predicted molar refractivity (Wildman–Crippen MR) is 80.8 cm³/mol. The van der Waals surface area contributed by atoms with Gasteiger partial charge in [-0.25, -0.2) is 0 Å². The Bertz CT molecular complexity index is 532. The summed E-state index contributed by atoms with van der Waals surface area (Å²) in [6, 6.07) is 0. The summed E-state index contributed by atoms with van der Waals surface area (Å²) in [7, 11) is 0. The summed E-state index contributed by atoms with van der Waals surface area (Å²) in [4.78, 5) is 0. The predicted octanol–water partition coefficient (Wildman–Crippen LogP) is 4.56. The molecule has 0 bridgehead atoms. The third-order valence-electron chi connectivity index (χ3n) is 7.07. The minimum absolute atomic E-state index is 0.344. The zero-order valence-corrected chi connectivity index (χ0v) is 12.6. The van der Waals surface area contributed by atoms with Crippen molar-refractivity contribution in [3.8, 4) is 0 Å². The molecule has 0 saturated heterocycles. The fraction of sp³-hybridized carbons (Fsp3) is 0.722. The van der Waals surface area contributed by atoms with Crippen LogP contribution in [0.15, 0.2) is 29.0 Å². The maximum absolute atomic E-state index is 9.18. The average molecular weight is 271 g/mol. The molecule has 4 aliphatic rings. The van der Waals surface area contributed by atoms with Gasteiger partial charge < -0.3 is 5.21 Å². The van der Waals surface area contributed by atoms with Crippen molar-refractivity contribution in [3.63, 3.8) is 0 Å². The molecular formula is C18H25NO. The zero-order chi connectivity index (χ0) is 14.0. The Morgan fingerprint density at radius 3 is 2.90 bits per heavy atom. The molecule has 2 heteroatoms. The van der Waals surface area contributed by atoms with E-state index in [-0.39, 0.29) is 0 Å². The highest BCUT2D eigenvalue weighted by Crippen LogP contribution is 2.64. The standard InChI is InChI=1S/C18H25NO/c1-17-8-3-4-15(17)14-6-5-12-10-13(19-20)11-18(12,2)16(14)7-9-17/h3-4,8,12,14,16,20H,5-7,9-11H2,1-2H3/b19-13-. The van der Waals surface area contributed by atoms with E-state index >= 15 is 0 Å². The van der Waals surface area contributed by atoms with Crippen LogP contribution in [-0.2, 0) is 0 Å². The second-order valence-corrected chi connectivity index (χ2v) is 7.98. The number of nitrogens with zero attached hydrogens (tertiary/aromatic N) is 1. The van der Waals surface area contributed by atoms with Crippen LogP contribution in [0.4, 0.5) is 0 Å². The molecule has 5 unspecified atom stereocenters. The van der Waals surface area contributed by atoms with Gasteiger partial charge in [-0.05, 0) is 61.7 Å². The van der Waals surface area contributed by atoms with Gasteiger partial charge in [0.15, 0.2) is 0 Å². The zero-order valence-electron chi connectivity index (χ0n) is 12.6. The molecule has 4 aliphatic carbocycles. The molecule has 0 spiro atoms. The third-order valence-corrected chi connectivity index (χ3v) is 7.07. The number of hydrogen-bond donors (Lipinski definition) is 1. The van der Waals surface area contributed by atoms with E-state index in [1.165, 1.54) is 25.7 Å². The number of fused-ring (bicyclic) bond motifs is 5. The van der Waals surface area contributed by atoms with Gasteiger partial charge in [-0.1, -0.05) is 42.8 Å². The SMILES string of the molecule is CC12C=CC=C1C1CCC3C/C(=N/O)CC3(C)C1CC2. The highest BCUT2D eigenvalue weighted by atomic mass is 16.4. The smallest absolute Gasteiger partial charge is 0.0579 e. The molecule has 1 N–H and O–H groups in total. The van der Waals surface area contributed by atoms with Gasteiger partial charge in [0, 0.05) is 5.41 Å². The molecule has 108 valence electrons. The van der Waals surface area contributed by atoms with E-state index in [1.807, 2.05) is 0 Å². The lowest BCUT2D eigenvalue weighted by Gasteiger charge is -2.54. The molecule has 0 radical (unpaired) electrons. The summed E-state index contributed by atoms with van der Waals surface area (Å²) >= 11 is 0. The molecule has 20 heavy (non-hydrogen) atoms. The molecule has 0 aromatic heterocycles. The molecular weight excluding hydrogens is 246 g/mol. The van der Waals surface area contributed by atoms with Crippen molar-refractivity contribution in [2.75, 3.05) is 0 Å². The van der Waals surface area contributed by atoms with E-state index in [0.717, 1.165) is 36.3 Å². The minimum Gasteiger partial charge on any atom is -0.411 e. The van der Waals surface area contributed by atoms with Crippen molar-refractivity contribution < 1.29 is 5.21 Å². The Hall–Kier alpha value is -1.05. The van der Waals surface area contributed by atoms with Crippen LogP contribution in [0.1, 0.15) is 52.4 Å². The molecule has 5 atom stereocenters. The first-order valence-electron chi connectivity index (χ1n) is 8.16. The Labute approximate surface area is 121 Å². The lowest BCUT2D eigenvalue weighted by atomic mass is 9.50. The van der Waals surface area contributed by atoms with Crippen molar-refractivity contribution >= 4 is 5.71 Å². The van der Waals surface area contributed by atoms with Crippen LogP contribution in [-0.4, -0.2) is 10.9 Å². The van der Waals surface area contributed by atoms with Crippen LogP contribution in [0.2, 0.25) is 0 Å². The highest BCUT2D eigenvalue weighted by Gasteiger charge is 2.56. The molecule has 3 saturated carbocycles. The topological polar surface area (TPSA) is 32.6 Å². The van der Waals surface area contributed by atoms with Gasteiger partial charge in [0.1, 0.15) is 0 Å². The molecule has 4 rings (SSSR count). The van der Waals surface area contributed by atoms with Gasteiger partial charge in [-0.3, -0.25) is 0 Å². The van der Waals surface area contributed by atoms with Crippen molar-refractivity contribution in [1.29, 1.82) is 0 Å². The van der Waals surface area contributed by atoms with E-state index in [1.54, 1.807) is 5.57 Å². The van der Waals surface area contributed by atoms with Crippen molar-refractivity contribution in [2.24, 2.45) is 33.7 Å². The van der Waals surface area contributed by atoms with E-state index in [4.69, 9.17) is 0 Å². The first-order chi connectivity index (χ1) is 9.57. The van der Waals surface area contributed by atoms with Crippen molar-refractivity contribution in [3.05, 3.63) is 23.8 Å². The van der Waals surface area contributed by atoms with Crippen LogP contribution in [0.5, 0.6) is 0 Å². The van der Waals surface area contributed by atoms with Crippen LogP contribution in [0, 0.1) is 28.6 Å². The van der Waals surface area contributed by atoms with Gasteiger partial charge in [0.05, 0.1) is 5.71 Å². The molecule has 2 nitrogen and oxygen atoms in total. The van der Waals surface area contributed by atoms with E-state index in [2.05, 4.69) is 37.2 Å². The average Bonchev–Trinajstić information content (AvgIpc) is 2.97. The van der Waals surface area contributed by atoms with Crippen LogP contribution in [0.25, 0.3) is 0 Å². The summed E-state index contributed by atoms with van der Waals surface area (Å²) < 4.78 is 0. The van der Waals surface area contributed by atoms with Gasteiger partial charge in [0.25, 0.3) is 0 Å². The minimum atomic E-state index is 0.344. The highest BCUT2D eigenvalue weighted by molar-refractivity contribution is 5.87. The lowest BCUT2D eigenvalue weighted by molar-refractivity contribution is 0.00141. The fourth-order valence-electron chi connectivity index (χ4n) is 5.94. The Balaban J connectivity index is 1.70. The van der Waals surface area contributed by atoms with Gasteiger partial charge in [-0.15, -0.1) is 0 Å². The number of rotatable bonds is 0. The maximum atomic E-state index is 9.18. The normalized spacial score (nSPS) is 51.6. The van der Waals surface area contributed by atoms with E-state index in [9.17, 15) is 5.21 Å². The van der Waals surface area contributed by atoms with Crippen LogP contribution in [0.3, 0.4) is 0 Å². The Morgan fingerprint density at radius 2 is 2.10 bits per heavy atom. The maximum Gasteiger partial charge on any atom is 0.0579 e. The first-order valence-corrected chi connectivity index (χ1v) is 8.16. The second-order valence-electron chi connectivity index (χ2n) is 7.98. The third kappa shape index (κ3) is 1.48. The Kier molecular flexibility index (Phi) is 2.53. The number of allylic oxidation sites excluding steroid dienone is 4. The van der Waals surface area contributed by atoms with E-state index in [0.29, 0.717) is 10.8 Å². The largest absolute Gasteiger partial charge is 0.411 e. The fourth-order valence-corrected chi connectivity index (χ4v) is 5.94. The summed E-state index contributed by atoms with van der Waals surface area (Å²) in [6.45, 7) is 4.89. The van der Waals surface area contributed by atoms with E-state index < -0.39 is 0 Å². The molecule has 3 fully saturated rings. The van der Waals surface area contributed by atoms with Gasteiger partial charge in [0.2, 0.25) is 0 Å². The molecule has 0 heterocycles. The lowest BCUT2D eigenvalue weighted by Crippen LogP contribution is -2.46. The van der Waals surface area contributed by atoms with Crippen LogP contribution >= 0.6 is 0 Å². The summed E-state index contributed by atoms with van der Waals surface area (Å²) in [5.41, 5.74) is 3.46. The number of oxime groups is 1.